The SMILES string of the molecule is C=CCCCN(C)C(=NCc1cccc(Cn2cncn2)c1)NCC.I. The highest BCUT2D eigenvalue weighted by Crippen LogP contribution is 2.08. The van der Waals surface area contributed by atoms with Gasteiger partial charge in [-0.15, -0.1) is 30.6 Å². The molecule has 0 fully saturated rings. The van der Waals surface area contributed by atoms with E-state index in [9.17, 15) is 0 Å². The predicted octanol–water partition coefficient (Wildman–Crippen LogP) is 3.31. The van der Waals surface area contributed by atoms with Crippen LogP contribution in [0.25, 0.3) is 0 Å². The Kier molecular flexibility index (Phi) is 10.6. The molecule has 6 nitrogen and oxygen atoms in total. The van der Waals surface area contributed by atoms with E-state index in [1.807, 2.05) is 10.8 Å². The summed E-state index contributed by atoms with van der Waals surface area (Å²) in [5.41, 5.74) is 2.38. The highest BCUT2D eigenvalue weighted by molar-refractivity contribution is 14.0. The summed E-state index contributed by atoms with van der Waals surface area (Å²) in [6.07, 6.45) is 7.34. The smallest absolute Gasteiger partial charge is 0.193 e. The first-order chi connectivity index (χ1) is 12.2. The molecule has 0 aliphatic carbocycles. The standard InChI is InChI=1S/C19H28N6.HI/c1-4-6-7-11-24(3)19(21-5-2)22-13-17-9-8-10-18(12-17)14-25-16-20-15-23-25;/h4,8-10,12,15-16H,1,5-7,11,13-14H2,2-3H3,(H,21,22);1H. The van der Waals surface area contributed by atoms with Crippen LogP contribution in [0.2, 0.25) is 0 Å². The molecule has 0 bridgehead atoms. The molecule has 1 N–H and O–H groups in total. The van der Waals surface area contributed by atoms with E-state index in [1.165, 1.54) is 11.1 Å². The Morgan fingerprint density at radius 2 is 2.19 bits per heavy atom. The van der Waals surface area contributed by atoms with E-state index in [1.54, 1.807) is 12.7 Å². The maximum Gasteiger partial charge on any atom is 0.193 e. The fourth-order valence-corrected chi connectivity index (χ4v) is 2.54. The van der Waals surface area contributed by atoms with Gasteiger partial charge in [-0.2, -0.15) is 5.10 Å². The highest BCUT2D eigenvalue weighted by Gasteiger charge is 2.05. The van der Waals surface area contributed by atoms with Crippen LogP contribution in [-0.2, 0) is 13.1 Å². The van der Waals surface area contributed by atoms with Crippen LogP contribution in [-0.4, -0.2) is 45.8 Å². The van der Waals surface area contributed by atoms with E-state index in [0.717, 1.165) is 38.4 Å². The minimum Gasteiger partial charge on any atom is -0.357 e. The number of unbranched alkanes of at least 4 members (excludes halogenated alkanes) is 1. The molecule has 0 radical (unpaired) electrons. The minimum absolute atomic E-state index is 0. The van der Waals surface area contributed by atoms with Crippen molar-refractivity contribution in [2.75, 3.05) is 20.1 Å². The van der Waals surface area contributed by atoms with Gasteiger partial charge in [0.05, 0.1) is 13.1 Å². The number of rotatable bonds is 9. The molecule has 0 saturated carbocycles. The number of nitrogens with one attached hydrogen (secondary N) is 1. The van der Waals surface area contributed by atoms with Crippen LogP contribution in [0.15, 0.2) is 54.6 Å². The zero-order chi connectivity index (χ0) is 17.9. The van der Waals surface area contributed by atoms with Crippen LogP contribution in [0.5, 0.6) is 0 Å². The summed E-state index contributed by atoms with van der Waals surface area (Å²) in [6.45, 7) is 9.06. The lowest BCUT2D eigenvalue weighted by atomic mass is 10.1. The van der Waals surface area contributed by atoms with Crippen LogP contribution in [0.1, 0.15) is 30.9 Å². The number of aromatic nitrogens is 3. The molecule has 0 saturated heterocycles. The summed E-state index contributed by atoms with van der Waals surface area (Å²) in [6, 6.07) is 8.45. The summed E-state index contributed by atoms with van der Waals surface area (Å²) in [5, 5.41) is 7.51. The average Bonchev–Trinajstić information content (AvgIpc) is 3.12. The zero-order valence-electron chi connectivity index (χ0n) is 15.6. The zero-order valence-corrected chi connectivity index (χ0v) is 18.0. The number of hydrogen-bond acceptors (Lipinski definition) is 3. The first-order valence-electron chi connectivity index (χ1n) is 8.73. The summed E-state index contributed by atoms with van der Waals surface area (Å²) in [4.78, 5) is 10.9. The largest absolute Gasteiger partial charge is 0.357 e. The van der Waals surface area contributed by atoms with Gasteiger partial charge in [-0.1, -0.05) is 30.3 Å². The molecule has 26 heavy (non-hydrogen) atoms. The molecule has 0 aliphatic heterocycles. The number of aliphatic imine (C=N–C) groups is 1. The Balaban J connectivity index is 0.00000338. The Morgan fingerprint density at radius 3 is 2.88 bits per heavy atom. The van der Waals surface area contributed by atoms with Crippen molar-refractivity contribution in [1.82, 2.24) is 25.0 Å². The van der Waals surface area contributed by atoms with E-state index in [4.69, 9.17) is 4.99 Å². The van der Waals surface area contributed by atoms with Crippen molar-refractivity contribution in [1.29, 1.82) is 0 Å². The van der Waals surface area contributed by atoms with Gasteiger partial charge in [0.2, 0.25) is 0 Å². The van der Waals surface area contributed by atoms with Gasteiger partial charge in [-0.25, -0.2) is 14.7 Å². The van der Waals surface area contributed by atoms with Gasteiger partial charge in [0.1, 0.15) is 12.7 Å². The van der Waals surface area contributed by atoms with Gasteiger partial charge < -0.3 is 10.2 Å². The number of nitrogens with zero attached hydrogens (tertiary/aromatic N) is 5. The lowest BCUT2D eigenvalue weighted by molar-refractivity contribution is 0.470. The van der Waals surface area contributed by atoms with Crippen molar-refractivity contribution in [3.8, 4) is 0 Å². The molecule has 2 aromatic rings. The second kappa shape index (κ2) is 12.5. The maximum atomic E-state index is 4.77. The summed E-state index contributed by atoms with van der Waals surface area (Å²) < 4.78 is 1.82. The molecule has 142 valence electrons. The van der Waals surface area contributed by atoms with Gasteiger partial charge in [-0.3, -0.25) is 0 Å². The van der Waals surface area contributed by atoms with Gasteiger partial charge >= 0.3 is 0 Å². The van der Waals surface area contributed by atoms with Gasteiger partial charge in [0.15, 0.2) is 5.96 Å². The van der Waals surface area contributed by atoms with Crippen molar-refractivity contribution >= 4 is 29.9 Å². The molecule has 1 aromatic heterocycles. The number of hydrogen-bond donors (Lipinski definition) is 1. The van der Waals surface area contributed by atoms with Crippen LogP contribution >= 0.6 is 24.0 Å². The maximum absolute atomic E-state index is 4.77. The quantitative estimate of drug-likeness (QED) is 0.202. The van der Waals surface area contributed by atoms with Crippen molar-refractivity contribution < 1.29 is 0 Å². The first kappa shape index (κ1) is 22.1. The molecule has 0 aliphatic rings. The molecule has 0 amide bonds. The van der Waals surface area contributed by atoms with E-state index in [-0.39, 0.29) is 24.0 Å². The van der Waals surface area contributed by atoms with E-state index < -0.39 is 0 Å². The van der Waals surface area contributed by atoms with Crippen LogP contribution in [0.3, 0.4) is 0 Å². The second-order valence-electron chi connectivity index (χ2n) is 5.94. The average molecular weight is 468 g/mol. The van der Waals surface area contributed by atoms with Gasteiger partial charge in [0, 0.05) is 20.1 Å². The summed E-state index contributed by atoms with van der Waals surface area (Å²) in [7, 11) is 2.08. The Bertz CT molecular complexity index is 668. The highest BCUT2D eigenvalue weighted by atomic mass is 127. The molecule has 2 rings (SSSR count). The number of allylic oxidation sites excluding steroid dienone is 1. The van der Waals surface area contributed by atoms with Crippen LogP contribution < -0.4 is 5.32 Å². The molecule has 7 heteroatoms. The third-order valence-electron chi connectivity index (χ3n) is 3.81. The topological polar surface area (TPSA) is 58.3 Å². The lowest BCUT2D eigenvalue weighted by Gasteiger charge is -2.21. The second-order valence-corrected chi connectivity index (χ2v) is 5.94. The van der Waals surface area contributed by atoms with Crippen molar-refractivity contribution in [3.63, 3.8) is 0 Å². The number of halogens is 1. The van der Waals surface area contributed by atoms with E-state index in [0.29, 0.717) is 6.54 Å². The Hall–Kier alpha value is -1.90. The molecular formula is C19H29IN6. The Labute approximate surface area is 173 Å². The predicted molar refractivity (Wildman–Crippen MR) is 118 cm³/mol. The molecule has 0 spiro atoms. The molecule has 0 atom stereocenters. The van der Waals surface area contributed by atoms with Gasteiger partial charge in [-0.05, 0) is 30.9 Å². The number of guanidine groups is 1. The fraction of sp³-hybridized carbons (Fsp3) is 0.421. The van der Waals surface area contributed by atoms with Crippen molar-refractivity contribution in [2.45, 2.75) is 32.9 Å². The van der Waals surface area contributed by atoms with Crippen molar-refractivity contribution in [2.24, 2.45) is 4.99 Å². The lowest BCUT2D eigenvalue weighted by Crippen LogP contribution is -2.39. The monoisotopic (exact) mass is 468 g/mol. The molecular weight excluding hydrogens is 439 g/mol. The molecule has 1 aromatic carbocycles. The molecule has 0 unspecified atom stereocenters. The van der Waals surface area contributed by atoms with Crippen LogP contribution in [0, 0.1) is 0 Å². The van der Waals surface area contributed by atoms with Crippen molar-refractivity contribution in [3.05, 3.63) is 60.7 Å². The van der Waals surface area contributed by atoms with Crippen LogP contribution in [0.4, 0.5) is 0 Å². The summed E-state index contributed by atoms with van der Waals surface area (Å²) >= 11 is 0. The normalized spacial score (nSPS) is 10.9. The Morgan fingerprint density at radius 1 is 1.38 bits per heavy atom. The molecule has 1 heterocycles. The van der Waals surface area contributed by atoms with Gasteiger partial charge in [0.25, 0.3) is 0 Å². The third kappa shape index (κ3) is 7.55. The van der Waals surface area contributed by atoms with E-state index >= 15 is 0 Å². The fourth-order valence-electron chi connectivity index (χ4n) is 2.54. The summed E-state index contributed by atoms with van der Waals surface area (Å²) in [5.74, 6) is 0.938. The number of benzene rings is 1. The minimum atomic E-state index is 0. The van der Waals surface area contributed by atoms with E-state index in [2.05, 4.69) is 65.1 Å². The third-order valence-corrected chi connectivity index (χ3v) is 3.81. The first-order valence-corrected chi connectivity index (χ1v) is 8.73.